The molecule has 12 heteroatoms. The second-order valence-corrected chi connectivity index (χ2v) is 17.6. The molecule has 0 aromatic carbocycles. The second-order valence-electron chi connectivity index (χ2n) is 17.6. The predicted octanol–water partition coefficient (Wildman–Crippen LogP) is 3.06. The molecular weight excluding hydrogens is 640 g/mol. The first-order chi connectivity index (χ1) is 23.9. The van der Waals surface area contributed by atoms with Gasteiger partial charge in [-0.3, -0.25) is 19.2 Å². The molecule has 1 saturated heterocycles. The molecular formula is C38H56N4O8. The third-order valence-corrected chi connectivity index (χ3v) is 14.0. The molecule has 276 valence electrons. The summed E-state index contributed by atoms with van der Waals surface area (Å²) in [6.07, 6.45) is 12.3. The summed E-state index contributed by atoms with van der Waals surface area (Å²) >= 11 is 0. The number of hydrogen-bond donors (Lipinski definition) is 4. The molecule has 8 bridgehead atoms. The lowest BCUT2D eigenvalue weighted by Crippen LogP contribution is -2.63. The van der Waals surface area contributed by atoms with E-state index in [-0.39, 0.29) is 35.5 Å². The Morgan fingerprint density at radius 2 is 0.840 bits per heavy atom. The number of carbonyl (C=O) groups is 6. The number of rotatable bonds is 2. The molecule has 0 unspecified atom stereocenters. The number of carbonyl (C=O) groups excluding carboxylic acids is 6. The van der Waals surface area contributed by atoms with Gasteiger partial charge in [-0.15, -0.1) is 0 Å². The Morgan fingerprint density at radius 3 is 1.16 bits per heavy atom. The molecule has 8 saturated carbocycles. The summed E-state index contributed by atoms with van der Waals surface area (Å²) < 4.78 is 10.2. The van der Waals surface area contributed by atoms with Gasteiger partial charge in [-0.25, -0.2) is 9.59 Å². The molecule has 0 aromatic heterocycles. The fourth-order valence-electron chi connectivity index (χ4n) is 12.7. The molecule has 1 heterocycles. The van der Waals surface area contributed by atoms with Crippen LogP contribution in [0.4, 0.5) is 0 Å². The number of nitrogens with one attached hydrogen (secondary N) is 4. The molecule has 2 atom stereocenters. The molecule has 9 rings (SSSR count). The quantitative estimate of drug-likeness (QED) is 0.320. The molecule has 8 aliphatic carbocycles. The van der Waals surface area contributed by atoms with E-state index in [1.165, 1.54) is 14.2 Å². The van der Waals surface area contributed by atoms with E-state index in [2.05, 4.69) is 21.3 Å². The van der Waals surface area contributed by atoms with Crippen LogP contribution in [0, 0.1) is 45.3 Å². The van der Waals surface area contributed by atoms with Gasteiger partial charge < -0.3 is 30.7 Å². The first-order valence-electron chi connectivity index (χ1n) is 19.3. The van der Waals surface area contributed by atoms with Gasteiger partial charge in [-0.05, 0) is 139 Å². The summed E-state index contributed by atoms with van der Waals surface area (Å²) in [5, 5.41) is 12.5. The Morgan fingerprint density at radius 1 is 0.520 bits per heavy atom. The van der Waals surface area contributed by atoms with Gasteiger partial charge >= 0.3 is 11.9 Å². The largest absolute Gasteiger partial charge is 0.467 e. The lowest BCUT2D eigenvalue weighted by atomic mass is 9.43. The van der Waals surface area contributed by atoms with Crippen molar-refractivity contribution in [1.82, 2.24) is 21.3 Å². The highest BCUT2D eigenvalue weighted by Crippen LogP contribution is 2.66. The Labute approximate surface area is 295 Å². The molecule has 9 aliphatic rings. The van der Waals surface area contributed by atoms with Crippen molar-refractivity contribution in [2.24, 2.45) is 45.3 Å². The standard InChI is InChI=1S/C38H56N4O8/c1-49-29(43)27-7-3-5-9-39-31(45)35-13-23-11-24(14-35)16-36(15-23,21-35)32(46)40-10-6-4-8-28(30(44)50-2)42-34(48)38-19-25-12-26(20-38)18-37(17-25,22-38)33(47)41-27/h23-28H,3-22H2,1-2H3,(H,39,45)(H,40,46)(H,41,47)(H,42,48)/t23?,24?,25?,26?,27-,28-,35?,36?,37?,38?/m0/s1. The third kappa shape index (κ3) is 6.31. The summed E-state index contributed by atoms with van der Waals surface area (Å²) in [7, 11) is 2.64. The van der Waals surface area contributed by atoms with Crippen LogP contribution in [0.25, 0.3) is 0 Å². The molecule has 0 aromatic rings. The van der Waals surface area contributed by atoms with Crippen LogP contribution in [-0.4, -0.2) is 75.0 Å². The van der Waals surface area contributed by atoms with Crippen molar-refractivity contribution in [3.63, 3.8) is 0 Å². The van der Waals surface area contributed by atoms with Gasteiger partial charge in [0.15, 0.2) is 0 Å². The zero-order valence-corrected chi connectivity index (χ0v) is 29.9. The minimum Gasteiger partial charge on any atom is -0.467 e. The SMILES string of the molecule is COC(=O)[C@@H]1CCCCNC(=O)C23CC4CC(C2)CC(C4)(C3)C(=O)NCCCC[C@@H](C(=O)OC)NC(=O)C23CC4CC(CC(C4)(C2)C(=O)N1)C3. The smallest absolute Gasteiger partial charge is 0.328 e. The highest BCUT2D eigenvalue weighted by molar-refractivity contribution is 5.92. The van der Waals surface area contributed by atoms with Gasteiger partial charge in [-0.2, -0.15) is 0 Å². The van der Waals surface area contributed by atoms with Crippen molar-refractivity contribution in [2.45, 2.75) is 128 Å². The third-order valence-electron chi connectivity index (χ3n) is 14.0. The first kappa shape index (κ1) is 35.2. The van der Waals surface area contributed by atoms with Gasteiger partial charge in [0.2, 0.25) is 23.6 Å². The van der Waals surface area contributed by atoms with Gasteiger partial charge in [0.25, 0.3) is 0 Å². The van der Waals surface area contributed by atoms with E-state index in [0.717, 1.165) is 38.5 Å². The highest BCUT2D eigenvalue weighted by Gasteiger charge is 2.64. The van der Waals surface area contributed by atoms with Crippen LogP contribution in [0.15, 0.2) is 0 Å². The van der Waals surface area contributed by atoms with Crippen LogP contribution in [-0.2, 0) is 38.2 Å². The lowest BCUT2D eigenvalue weighted by molar-refractivity contribution is -0.170. The topological polar surface area (TPSA) is 169 Å². The molecule has 50 heavy (non-hydrogen) atoms. The second kappa shape index (κ2) is 13.4. The van der Waals surface area contributed by atoms with E-state index in [4.69, 9.17) is 9.47 Å². The van der Waals surface area contributed by atoms with Crippen molar-refractivity contribution in [3.05, 3.63) is 0 Å². The molecule has 12 nitrogen and oxygen atoms in total. The number of methoxy groups -OCH3 is 2. The van der Waals surface area contributed by atoms with E-state index < -0.39 is 45.7 Å². The van der Waals surface area contributed by atoms with E-state index >= 15 is 0 Å². The minimum atomic E-state index is -0.822. The number of ether oxygens (including phenoxy) is 2. The highest BCUT2D eigenvalue weighted by atomic mass is 16.5. The zero-order valence-electron chi connectivity index (χ0n) is 29.9. The van der Waals surface area contributed by atoms with E-state index in [1.54, 1.807) is 0 Å². The van der Waals surface area contributed by atoms with Crippen molar-refractivity contribution in [3.8, 4) is 0 Å². The number of esters is 2. The van der Waals surface area contributed by atoms with E-state index in [9.17, 15) is 28.8 Å². The average Bonchev–Trinajstić information content (AvgIpc) is 3.07. The van der Waals surface area contributed by atoms with Crippen LogP contribution >= 0.6 is 0 Å². The van der Waals surface area contributed by atoms with Crippen molar-refractivity contribution in [2.75, 3.05) is 27.3 Å². The Hall–Kier alpha value is -3.18. The van der Waals surface area contributed by atoms with Crippen molar-refractivity contribution in [1.29, 1.82) is 0 Å². The summed E-state index contributed by atoms with van der Waals surface area (Å²) in [4.78, 5) is 81.8. The predicted molar refractivity (Wildman–Crippen MR) is 181 cm³/mol. The van der Waals surface area contributed by atoms with Crippen molar-refractivity contribution >= 4 is 35.6 Å². The maximum atomic E-state index is 14.2. The molecule has 0 radical (unpaired) electrons. The summed E-state index contributed by atoms with van der Waals surface area (Å²) in [5.74, 6) is -0.129. The number of amides is 4. The monoisotopic (exact) mass is 696 g/mol. The molecule has 1 aliphatic heterocycles. The number of hydrogen-bond acceptors (Lipinski definition) is 8. The lowest BCUT2D eigenvalue weighted by Gasteiger charge is -2.60. The average molecular weight is 697 g/mol. The molecule has 4 N–H and O–H groups in total. The van der Waals surface area contributed by atoms with Gasteiger partial charge in [0.1, 0.15) is 12.1 Å². The Kier molecular flexibility index (Phi) is 9.46. The van der Waals surface area contributed by atoms with Crippen LogP contribution in [0.2, 0.25) is 0 Å². The van der Waals surface area contributed by atoms with E-state index in [0.29, 0.717) is 102 Å². The zero-order chi connectivity index (χ0) is 35.3. The van der Waals surface area contributed by atoms with E-state index in [1.807, 2.05) is 0 Å². The van der Waals surface area contributed by atoms with Crippen LogP contribution < -0.4 is 21.3 Å². The molecule has 4 amide bonds. The maximum Gasteiger partial charge on any atom is 0.328 e. The Bertz CT molecular complexity index is 1290. The normalized spacial score (nSPS) is 43.5. The van der Waals surface area contributed by atoms with Crippen LogP contribution in [0.1, 0.15) is 116 Å². The first-order valence-corrected chi connectivity index (χ1v) is 19.3. The van der Waals surface area contributed by atoms with Gasteiger partial charge in [-0.1, -0.05) is 0 Å². The minimum absolute atomic E-state index is 0.0442. The summed E-state index contributed by atoms with van der Waals surface area (Å²) in [6, 6.07) is -1.64. The Balaban J connectivity index is 1.11. The molecule has 4 spiro atoms. The summed E-state index contributed by atoms with van der Waals surface area (Å²) in [6.45, 7) is 0.933. The molecule has 9 fully saturated rings. The van der Waals surface area contributed by atoms with Crippen LogP contribution in [0.3, 0.4) is 0 Å². The van der Waals surface area contributed by atoms with Crippen LogP contribution in [0.5, 0.6) is 0 Å². The summed E-state index contributed by atoms with van der Waals surface area (Å²) in [5.41, 5.74) is -2.58. The fourth-order valence-corrected chi connectivity index (χ4v) is 12.7. The fraction of sp³-hybridized carbons (Fsp3) is 0.842. The van der Waals surface area contributed by atoms with Gasteiger partial charge in [0.05, 0.1) is 35.9 Å². The maximum absolute atomic E-state index is 14.2. The van der Waals surface area contributed by atoms with Crippen molar-refractivity contribution < 1.29 is 38.2 Å². The van der Waals surface area contributed by atoms with Gasteiger partial charge in [0, 0.05) is 13.1 Å².